The predicted molar refractivity (Wildman–Crippen MR) is 73.4 cm³/mol. The Labute approximate surface area is 105 Å². The molecule has 0 spiro atoms. The monoisotopic (exact) mass is 235 g/mol. The van der Waals surface area contributed by atoms with Crippen molar-refractivity contribution in [2.75, 3.05) is 0 Å². The molecule has 2 N–H and O–H groups in total. The highest BCUT2D eigenvalue weighted by molar-refractivity contribution is 5.42. The van der Waals surface area contributed by atoms with E-state index in [1.54, 1.807) is 0 Å². The molecule has 2 heteroatoms. The van der Waals surface area contributed by atoms with Crippen molar-refractivity contribution in [2.24, 2.45) is 0 Å². The summed E-state index contributed by atoms with van der Waals surface area (Å²) in [6, 6.07) is 4.73. The number of hydrogen-bond acceptors (Lipinski definition) is 2. The first-order valence-electron chi connectivity index (χ1n) is 6.60. The van der Waals surface area contributed by atoms with Gasteiger partial charge in [0.2, 0.25) is 0 Å². The summed E-state index contributed by atoms with van der Waals surface area (Å²) in [6.07, 6.45) is 3.62. The van der Waals surface area contributed by atoms with Crippen LogP contribution in [0, 0.1) is 13.8 Å². The average molecular weight is 235 g/mol. The molecule has 17 heavy (non-hydrogen) atoms. The molecule has 2 nitrogen and oxygen atoms in total. The summed E-state index contributed by atoms with van der Waals surface area (Å²) >= 11 is 0. The first-order valence-corrected chi connectivity index (χ1v) is 6.60. The minimum Gasteiger partial charge on any atom is -0.507 e. The quantitative estimate of drug-likeness (QED) is 0.788. The molecule has 0 fully saturated rings. The molecule has 0 aliphatic carbocycles. The summed E-state index contributed by atoms with van der Waals surface area (Å²) in [6.45, 7) is 9.24. The standard InChI is InChI=1S/C15H25NO/c1-5-7-14(6-2)16-10-13-8-11(3)15(17)12(4)9-13/h8-9,14,16-17H,5-7,10H2,1-4H3. The van der Waals surface area contributed by atoms with E-state index < -0.39 is 0 Å². The number of rotatable bonds is 6. The van der Waals surface area contributed by atoms with E-state index in [9.17, 15) is 5.11 Å². The summed E-state index contributed by atoms with van der Waals surface area (Å²) in [5.74, 6) is 0.425. The molecule has 0 amide bonds. The molecule has 96 valence electrons. The van der Waals surface area contributed by atoms with Crippen LogP contribution in [0.2, 0.25) is 0 Å². The summed E-state index contributed by atoms with van der Waals surface area (Å²) in [5, 5.41) is 13.3. The fourth-order valence-electron chi connectivity index (χ4n) is 2.21. The van der Waals surface area contributed by atoms with Crippen LogP contribution in [0.25, 0.3) is 0 Å². The van der Waals surface area contributed by atoms with E-state index >= 15 is 0 Å². The van der Waals surface area contributed by atoms with Crippen LogP contribution in [0.1, 0.15) is 49.8 Å². The zero-order valence-electron chi connectivity index (χ0n) is 11.5. The summed E-state index contributed by atoms with van der Waals surface area (Å²) in [5.41, 5.74) is 3.18. The molecule has 1 atom stereocenters. The molecule has 0 aromatic heterocycles. The van der Waals surface area contributed by atoms with Crippen LogP contribution in [-0.2, 0) is 6.54 Å². The van der Waals surface area contributed by atoms with E-state index in [0.717, 1.165) is 17.7 Å². The van der Waals surface area contributed by atoms with Gasteiger partial charge < -0.3 is 10.4 Å². The zero-order chi connectivity index (χ0) is 12.8. The highest BCUT2D eigenvalue weighted by Crippen LogP contribution is 2.22. The van der Waals surface area contributed by atoms with Gasteiger partial charge in [0.05, 0.1) is 0 Å². The first-order chi connectivity index (χ1) is 8.08. The molecule has 1 unspecified atom stereocenters. The lowest BCUT2D eigenvalue weighted by atomic mass is 10.0. The van der Waals surface area contributed by atoms with Gasteiger partial charge in [0.25, 0.3) is 0 Å². The Morgan fingerprint density at radius 1 is 1.18 bits per heavy atom. The van der Waals surface area contributed by atoms with Crippen molar-refractivity contribution in [3.05, 3.63) is 28.8 Å². The fraction of sp³-hybridized carbons (Fsp3) is 0.600. The van der Waals surface area contributed by atoms with E-state index in [2.05, 4.69) is 31.3 Å². The van der Waals surface area contributed by atoms with E-state index in [-0.39, 0.29) is 0 Å². The third-order valence-corrected chi connectivity index (χ3v) is 3.28. The van der Waals surface area contributed by atoms with Gasteiger partial charge in [-0.25, -0.2) is 0 Å². The molecule has 1 aromatic carbocycles. The molecule has 0 bridgehead atoms. The van der Waals surface area contributed by atoms with Gasteiger partial charge in [-0.2, -0.15) is 0 Å². The van der Waals surface area contributed by atoms with Crippen LogP contribution in [0.3, 0.4) is 0 Å². The minimum atomic E-state index is 0.425. The van der Waals surface area contributed by atoms with Gasteiger partial charge in [0.1, 0.15) is 5.75 Å². The van der Waals surface area contributed by atoms with Gasteiger partial charge in [-0.3, -0.25) is 0 Å². The molecular formula is C15H25NO. The van der Waals surface area contributed by atoms with Gasteiger partial charge >= 0.3 is 0 Å². The molecule has 1 rings (SSSR count). The Bertz CT molecular complexity index is 337. The number of aromatic hydroxyl groups is 1. The Morgan fingerprint density at radius 2 is 1.76 bits per heavy atom. The second kappa shape index (κ2) is 6.65. The number of phenolic OH excluding ortho intramolecular Hbond substituents is 1. The van der Waals surface area contributed by atoms with Gasteiger partial charge in [0.15, 0.2) is 0 Å². The normalized spacial score (nSPS) is 12.7. The van der Waals surface area contributed by atoms with Crippen LogP contribution in [-0.4, -0.2) is 11.1 Å². The number of aryl methyl sites for hydroxylation is 2. The van der Waals surface area contributed by atoms with Gasteiger partial charge in [-0.05, 0) is 43.4 Å². The highest BCUT2D eigenvalue weighted by Gasteiger charge is 2.06. The molecular weight excluding hydrogens is 210 g/mol. The molecule has 0 radical (unpaired) electrons. The lowest BCUT2D eigenvalue weighted by Gasteiger charge is -2.17. The Balaban J connectivity index is 2.63. The minimum absolute atomic E-state index is 0.425. The third-order valence-electron chi connectivity index (χ3n) is 3.28. The van der Waals surface area contributed by atoms with Crippen LogP contribution in [0.4, 0.5) is 0 Å². The second-order valence-electron chi connectivity index (χ2n) is 4.85. The van der Waals surface area contributed by atoms with Crippen LogP contribution in [0.15, 0.2) is 12.1 Å². The van der Waals surface area contributed by atoms with Gasteiger partial charge in [-0.1, -0.05) is 32.4 Å². The molecule has 0 saturated heterocycles. The SMILES string of the molecule is CCCC(CC)NCc1cc(C)c(O)c(C)c1. The number of benzene rings is 1. The average Bonchev–Trinajstić information content (AvgIpc) is 2.31. The Kier molecular flexibility index (Phi) is 5.49. The molecule has 0 saturated carbocycles. The lowest BCUT2D eigenvalue weighted by molar-refractivity contribution is 0.458. The van der Waals surface area contributed by atoms with Gasteiger partial charge in [0, 0.05) is 12.6 Å². The summed E-state index contributed by atoms with van der Waals surface area (Å²) in [7, 11) is 0. The zero-order valence-corrected chi connectivity index (χ0v) is 11.5. The van der Waals surface area contributed by atoms with Crippen molar-refractivity contribution in [1.29, 1.82) is 0 Å². The molecule has 0 heterocycles. The van der Waals surface area contributed by atoms with Crippen molar-refractivity contribution in [1.82, 2.24) is 5.32 Å². The molecule has 0 aliphatic rings. The Hall–Kier alpha value is -1.02. The van der Waals surface area contributed by atoms with Crippen molar-refractivity contribution < 1.29 is 5.11 Å². The van der Waals surface area contributed by atoms with Crippen molar-refractivity contribution in [3.8, 4) is 5.75 Å². The van der Waals surface area contributed by atoms with Gasteiger partial charge in [-0.15, -0.1) is 0 Å². The van der Waals surface area contributed by atoms with Crippen molar-refractivity contribution >= 4 is 0 Å². The second-order valence-corrected chi connectivity index (χ2v) is 4.85. The van der Waals surface area contributed by atoms with E-state index in [4.69, 9.17) is 0 Å². The number of phenols is 1. The highest BCUT2D eigenvalue weighted by atomic mass is 16.3. The third kappa shape index (κ3) is 4.04. The Morgan fingerprint density at radius 3 is 2.24 bits per heavy atom. The summed E-state index contributed by atoms with van der Waals surface area (Å²) in [4.78, 5) is 0. The maximum atomic E-state index is 9.72. The van der Waals surface area contributed by atoms with E-state index in [0.29, 0.717) is 11.8 Å². The maximum Gasteiger partial charge on any atom is 0.121 e. The topological polar surface area (TPSA) is 32.3 Å². The maximum absolute atomic E-state index is 9.72. The summed E-state index contributed by atoms with van der Waals surface area (Å²) < 4.78 is 0. The van der Waals surface area contributed by atoms with Crippen molar-refractivity contribution in [2.45, 2.75) is 59.5 Å². The molecule has 0 aliphatic heterocycles. The molecule has 1 aromatic rings. The van der Waals surface area contributed by atoms with Crippen LogP contribution >= 0.6 is 0 Å². The predicted octanol–water partition coefficient (Wildman–Crippen LogP) is 3.68. The smallest absolute Gasteiger partial charge is 0.121 e. The van der Waals surface area contributed by atoms with E-state index in [1.165, 1.54) is 24.8 Å². The largest absolute Gasteiger partial charge is 0.507 e. The number of nitrogens with one attached hydrogen (secondary N) is 1. The van der Waals surface area contributed by atoms with Crippen LogP contribution < -0.4 is 5.32 Å². The van der Waals surface area contributed by atoms with Crippen molar-refractivity contribution in [3.63, 3.8) is 0 Å². The van der Waals surface area contributed by atoms with Crippen LogP contribution in [0.5, 0.6) is 5.75 Å². The van der Waals surface area contributed by atoms with E-state index in [1.807, 2.05) is 13.8 Å². The fourth-order valence-corrected chi connectivity index (χ4v) is 2.21. The first kappa shape index (κ1) is 14.0. The lowest BCUT2D eigenvalue weighted by Crippen LogP contribution is -2.27. The number of hydrogen-bond donors (Lipinski definition) is 2.